The predicted molar refractivity (Wildman–Crippen MR) is 94.5 cm³/mol. The Morgan fingerprint density at radius 2 is 1.96 bits per heavy atom. The molecule has 1 aliphatic rings. The third-order valence-corrected chi connectivity index (χ3v) is 6.36. The Morgan fingerprint density at radius 3 is 2.48 bits per heavy atom. The second-order valence-corrected chi connectivity index (χ2v) is 8.08. The van der Waals surface area contributed by atoms with Crippen molar-refractivity contribution in [1.82, 2.24) is 9.62 Å². The van der Waals surface area contributed by atoms with Gasteiger partial charge in [-0.25, -0.2) is 13.2 Å². The van der Waals surface area contributed by atoms with Gasteiger partial charge in [0.05, 0.1) is 9.82 Å². The van der Waals surface area contributed by atoms with Crippen LogP contribution < -0.4 is 5.32 Å². The first-order chi connectivity index (χ1) is 12.7. The number of nitro groups is 1. The van der Waals surface area contributed by atoms with Crippen molar-refractivity contribution in [3.05, 3.63) is 34.4 Å². The molecule has 2 N–H and O–H groups in total. The summed E-state index contributed by atoms with van der Waals surface area (Å²) < 4.78 is 26.9. The van der Waals surface area contributed by atoms with E-state index in [1.807, 2.05) is 0 Å². The molecular formula is C16H21N3O7S. The number of benzene rings is 1. The largest absolute Gasteiger partial charge is 0.480 e. The summed E-state index contributed by atoms with van der Waals surface area (Å²) in [5.74, 6) is -1.85. The van der Waals surface area contributed by atoms with Gasteiger partial charge >= 0.3 is 5.97 Å². The fourth-order valence-electron chi connectivity index (χ4n) is 2.94. The van der Waals surface area contributed by atoms with Crippen LogP contribution in [-0.2, 0) is 19.6 Å². The van der Waals surface area contributed by atoms with E-state index in [-0.39, 0.29) is 30.0 Å². The number of carboxylic acids is 1. The first kappa shape index (κ1) is 20.8. The van der Waals surface area contributed by atoms with Crippen molar-refractivity contribution in [2.45, 2.75) is 49.6 Å². The molecule has 0 saturated carbocycles. The van der Waals surface area contributed by atoms with E-state index in [0.29, 0.717) is 12.8 Å². The second-order valence-electron chi connectivity index (χ2n) is 6.19. The molecule has 1 fully saturated rings. The molecule has 1 saturated heterocycles. The van der Waals surface area contributed by atoms with Crippen LogP contribution in [0.1, 0.15) is 32.6 Å². The highest BCUT2D eigenvalue weighted by atomic mass is 32.2. The SMILES string of the molecule is CCC(NC(=O)C1CCCCN1S(=O)(=O)c1ccc([N+](=O)[O-])cc1)C(=O)O. The number of hydrogen-bond acceptors (Lipinski definition) is 6. The average Bonchev–Trinajstić information content (AvgIpc) is 2.65. The molecule has 2 rings (SSSR count). The lowest BCUT2D eigenvalue weighted by Gasteiger charge is -2.34. The molecule has 1 amide bonds. The molecule has 11 heteroatoms. The van der Waals surface area contributed by atoms with Gasteiger partial charge in [-0.15, -0.1) is 0 Å². The standard InChI is InChI=1S/C16H21N3O7S/c1-2-13(16(21)22)17-15(20)14-5-3-4-10-18(14)27(25,26)12-8-6-11(7-9-12)19(23)24/h6-9,13-14H,2-5,10H2,1H3,(H,17,20)(H,21,22). The van der Waals surface area contributed by atoms with Crippen LogP contribution in [-0.4, -0.2) is 53.3 Å². The van der Waals surface area contributed by atoms with Gasteiger partial charge in [-0.2, -0.15) is 4.31 Å². The number of carbonyl (C=O) groups excluding carboxylic acids is 1. The zero-order chi connectivity index (χ0) is 20.2. The molecule has 1 heterocycles. The van der Waals surface area contributed by atoms with Crippen molar-refractivity contribution in [2.24, 2.45) is 0 Å². The van der Waals surface area contributed by atoms with Crippen LogP contribution in [0.2, 0.25) is 0 Å². The van der Waals surface area contributed by atoms with E-state index in [4.69, 9.17) is 5.11 Å². The number of nitrogens with one attached hydrogen (secondary N) is 1. The Labute approximate surface area is 156 Å². The Kier molecular flexibility index (Phi) is 6.50. The minimum absolute atomic E-state index is 0.112. The topological polar surface area (TPSA) is 147 Å². The van der Waals surface area contributed by atoms with Crippen LogP contribution in [0, 0.1) is 10.1 Å². The molecule has 1 aromatic rings. The minimum atomic E-state index is -4.06. The molecule has 27 heavy (non-hydrogen) atoms. The van der Waals surface area contributed by atoms with E-state index in [0.717, 1.165) is 28.6 Å². The van der Waals surface area contributed by atoms with Gasteiger partial charge in [0.25, 0.3) is 5.69 Å². The van der Waals surface area contributed by atoms with E-state index < -0.39 is 38.9 Å². The highest BCUT2D eigenvalue weighted by Crippen LogP contribution is 2.26. The molecule has 10 nitrogen and oxygen atoms in total. The maximum Gasteiger partial charge on any atom is 0.326 e. The van der Waals surface area contributed by atoms with Crippen molar-refractivity contribution in [2.75, 3.05) is 6.54 Å². The number of nitrogens with zero attached hydrogens (tertiary/aromatic N) is 2. The quantitative estimate of drug-likeness (QED) is 0.516. The maximum atomic E-state index is 12.9. The van der Waals surface area contributed by atoms with E-state index in [2.05, 4.69) is 5.32 Å². The summed E-state index contributed by atoms with van der Waals surface area (Å²) in [6.07, 6.45) is 1.64. The smallest absolute Gasteiger partial charge is 0.326 e. The number of rotatable bonds is 7. The number of sulfonamides is 1. The van der Waals surface area contributed by atoms with E-state index in [1.54, 1.807) is 6.92 Å². The van der Waals surface area contributed by atoms with Gasteiger partial charge in [-0.1, -0.05) is 13.3 Å². The second kappa shape index (κ2) is 8.44. The molecule has 2 atom stereocenters. The van der Waals surface area contributed by atoms with Gasteiger partial charge in [0.2, 0.25) is 15.9 Å². The van der Waals surface area contributed by atoms with Gasteiger partial charge < -0.3 is 10.4 Å². The van der Waals surface area contributed by atoms with Gasteiger partial charge in [-0.3, -0.25) is 14.9 Å². The summed E-state index contributed by atoms with van der Waals surface area (Å²) in [6.45, 7) is 1.71. The lowest BCUT2D eigenvalue weighted by Crippen LogP contribution is -2.54. The molecule has 0 aromatic heterocycles. The van der Waals surface area contributed by atoms with E-state index in [1.165, 1.54) is 0 Å². The highest BCUT2D eigenvalue weighted by molar-refractivity contribution is 7.89. The molecule has 0 spiro atoms. The number of nitro benzene ring substituents is 1. The predicted octanol–water partition coefficient (Wildman–Crippen LogP) is 1.12. The molecule has 148 valence electrons. The first-order valence-corrected chi connectivity index (χ1v) is 9.92. The van der Waals surface area contributed by atoms with Gasteiger partial charge in [0, 0.05) is 18.7 Å². The number of hydrogen-bond donors (Lipinski definition) is 2. The van der Waals surface area contributed by atoms with Crippen molar-refractivity contribution in [3.63, 3.8) is 0 Å². The lowest BCUT2D eigenvalue weighted by molar-refractivity contribution is -0.384. The van der Waals surface area contributed by atoms with Crippen molar-refractivity contribution in [1.29, 1.82) is 0 Å². The molecule has 0 radical (unpaired) electrons. The Balaban J connectivity index is 2.28. The number of non-ortho nitro benzene ring substituents is 1. The molecule has 0 bridgehead atoms. The van der Waals surface area contributed by atoms with Crippen LogP contribution in [0.15, 0.2) is 29.2 Å². The summed E-state index contributed by atoms with van der Waals surface area (Å²) in [5.41, 5.74) is -0.242. The van der Waals surface area contributed by atoms with Crippen LogP contribution in [0.25, 0.3) is 0 Å². The molecular weight excluding hydrogens is 378 g/mol. The first-order valence-electron chi connectivity index (χ1n) is 8.48. The van der Waals surface area contributed by atoms with Crippen LogP contribution in [0.3, 0.4) is 0 Å². The number of amides is 1. The number of piperidine rings is 1. The number of aliphatic carboxylic acids is 1. The summed E-state index contributed by atoms with van der Waals surface area (Å²) in [4.78, 5) is 33.6. The molecule has 1 aromatic carbocycles. The lowest BCUT2D eigenvalue weighted by atomic mass is 10.0. The zero-order valence-electron chi connectivity index (χ0n) is 14.7. The van der Waals surface area contributed by atoms with Crippen molar-refractivity contribution >= 4 is 27.6 Å². The van der Waals surface area contributed by atoms with E-state index >= 15 is 0 Å². The summed E-state index contributed by atoms with van der Waals surface area (Å²) in [5, 5.41) is 22.2. The maximum absolute atomic E-state index is 12.9. The van der Waals surface area contributed by atoms with Crippen LogP contribution in [0.4, 0.5) is 5.69 Å². The molecule has 0 aliphatic carbocycles. The Hall–Kier alpha value is -2.53. The minimum Gasteiger partial charge on any atom is -0.480 e. The summed E-state index contributed by atoms with van der Waals surface area (Å²) in [7, 11) is -4.06. The van der Waals surface area contributed by atoms with Crippen molar-refractivity contribution in [3.8, 4) is 0 Å². The number of carbonyl (C=O) groups is 2. The fourth-order valence-corrected chi connectivity index (χ4v) is 4.59. The van der Waals surface area contributed by atoms with Gasteiger partial charge in [0.15, 0.2) is 0 Å². The monoisotopic (exact) mass is 399 g/mol. The third kappa shape index (κ3) is 4.61. The van der Waals surface area contributed by atoms with Crippen molar-refractivity contribution < 1.29 is 28.0 Å². The Bertz CT molecular complexity index is 823. The van der Waals surface area contributed by atoms with Gasteiger partial charge in [0.1, 0.15) is 12.1 Å². The molecule has 1 aliphatic heterocycles. The normalized spacial score (nSPS) is 19.2. The molecule has 2 unspecified atom stereocenters. The fraction of sp³-hybridized carbons (Fsp3) is 0.500. The van der Waals surface area contributed by atoms with Crippen LogP contribution in [0.5, 0.6) is 0 Å². The summed E-state index contributed by atoms with van der Waals surface area (Å²) in [6, 6.07) is 2.31. The van der Waals surface area contributed by atoms with E-state index in [9.17, 15) is 28.1 Å². The van der Waals surface area contributed by atoms with Crippen LogP contribution >= 0.6 is 0 Å². The zero-order valence-corrected chi connectivity index (χ0v) is 15.5. The third-order valence-electron chi connectivity index (χ3n) is 4.43. The Morgan fingerprint density at radius 1 is 1.33 bits per heavy atom. The van der Waals surface area contributed by atoms with Gasteiger partial charge in [-0.05, 0) is 31.4 Å². The average molecular weight is 399 g/mol. The number of carboxylic acid groups (broad SMARTS) is 1. The summed E-state index contributed by atoms with van der Waals surface area (Å²) >= 11 is 0. The highest BCUT2D eigenvalue weighted by Gasteiger charge is 2.38.